The monoisotopic (exact) mass is 281 g/mol. The van der Waals surface area contributed by atoms with E-state index in [0.29, 0.717) is 6.10 Å². The predicted molar refractivity (Wildman–Crippen MR) is 87.6 cm³/mol. The molecule has 0 atom stereocenters. The number of benzene rings is 2. The first-order chi connectivity index (χ1) is 10.3. The van der Waals surface area contributed by atoms with E-state index in [1.54, 1.807) is 0 Å². The van der Waals surface area contributed by atoms with Gasteiger partial charge in [-0.05, 0) is 60.7 Å². The fraction of sp³-hybridized carbons (Fsp3) is 0.368. The minimum Gasteiger partial charge on any atom is -0.490 e. The molecule has 1 N–H and O–H groups in total. The second kappa shape index (κ2) is 6.31. The average molecular weight is 281 g/mol. The van der Waals surface area contributed by atoms with Gasteiger partial charge in [-0.2, -0.15) is 0 Å². The van der Waals surface area contributed by atoms with E-state index in [-0.39, 0.29) is 0 Å². The average Bonchev–Trinajstić information content (AvgIpc) is 3.29. The molecule has 2 aromatic carbocycles. The number of aryl methyl sites for hydroxylation is 1. The SMILES string of the molecule is CCNCc1ccc(-c2cccc(OC3CC3)c2)c(C)c1. The van der Waals surface area contributed by atoms with Crippen molar-refractivity contribution in [2.75, 3.05) is 6.54 Å². The zero-order valence-corrected chi connectivity index (χ0v) is 12.9. The molecular formula is C19H23NO. The van der Waals surface area contributed by atoms with E-state index in [4.69, 9.17) is 4.74 Å². The van der Waals surface area contributed by atoms with E-state index in [9.17, 15) is 0 Å². The lowest BCUT2D eigenvalue weighted by molar-refractivity contribution is 0.303. The third-order valence-corrected chi connectivity index (χ3v) is 3.84. The molecule has 0 aromatic heterocycles. The molecule has 3 rings (SSSR count). The lowest BCUT2D eigenvalue weighted by atomic mass is 9.98. The topological polar surface area (TPSA) is 21.3 Å². The molecule has 0 bridgehead atoms. The fourth-order valence-corrected chi connectivity index (χ4v) is 2.54. The quantitative estimate of drug-likeness (QED) is 0.851. The Labute approximate surface area is 127 Å². The van der Waals surface area contributed by atoms with Gasteiger partial charge in [-0.3, -0.25) is 0 Å². The molecule has 2 nitrogen and oxygen atoms in total. The van der Waals surface area contributed by atoms with Crippen molar-refractivity contribution in [2.45, 2.75) is 39.3 Å². The molecule has 2 aromatic rings. The summed E-state index contributed by atoms with van der Waals surface area (Å²) in [6.07, 6.45) is 2.84. The summed E-state index contributed by atoms with van der Waals surface area (Å²) in [4.78, 5) is 0. The zero-order valence-electron chi connectivity index (χ0n) is 12.9. The number of hydrogen-bond acceptors (Lipinski definition) is 2. The van der Waals surface area contributed by atoms with Crippen molar-refractivity contribution in [3.8, 4) is 16.9 Å². The standard InChI is InChI=1S/C19H23NO/c1-3-20-13-15-7-10-19(14(2)11-15)16-5-4-6-18(12-16)21-17-8-9-17/h4-7,10-12,17,20H,3,8-9,13H2,1-2H3. The first-order valence-electron chi connectivity index (χ1n) is 7.83. The third-order valence-electron chi connectivity index (χ3n) is 3.84. The van der Waals surface area contributed by atoms with E-state index in [1.807, 2.05) is 0 Å². The second-order valence-electron chi connectivity index (χ2n) is 5.77. The van der Waals surface area contributed by atoms with E-state index < -0.39 is 0 Å². The van der Waals surface area contributed by atoms with Gasteiger partial charge < -0.3 is 10.1 Å². The van der Waals surface area contributed by atoms with Crippen LogP contribution in [0.3, 0.4) is 0 Å². The number of rotatable bonds is 6. The summed E-state index contributed by atoms with van der Waals surface area (Å²) < 4.78 is 5.89. The number of hydrogen-bond donors (Lipinski definition) is 1. The molecule has 110 valence electrons. The first kappa shape index (κ1) is 14.2. The lowest BCUT2D eigenvalue weighted by Gasteiger charge is -2.11. The molecule has 1 aliphatic carbocycles. The van der Waals surface area contributed by atoms with Crippen LogP contribution < -0.4 is 10.1 Å². The lowest BCUT2D eigenvalue weighted by Crippen LogP contribution is -2.11. The van der Waals surface area contributed by atoms with E-state index in [0.717, 1.165) is 18.8 Å². The van der Waals surface area contributed by atoms with Crippen molar-refractivity contribution in [2.24, 2.45) is 0 Å². The molecule has 0 spiro atoms. The first-order valence-corrected chi connectivity index (χ1v) is 7.83. The Hall–Kier alpha value is -1.80. The highest BCUT2D eigenvalue weighted by Gasteiger charge is 2.23. The summed E-state index contributed by atoms with van der Waals surface area (Å²) in [6.45, 7) is 6.25. The van der Waals surface area contributed by atoms with Crippen molar-refractivity contribution in [3.63, 3.8) is 0 Å². The van der Waals surface area contributed by atoms with Crippen LogP contribution in [0, 0.1) is 6.92 Å². The Morgan fingerprint density at radius 2 is 2.00 bits per heavy atom. The van der Waals surface area contributed by atoms with Gasteiger partial charge in [0.1, 0.15) is 5.75 Å². The van der Waals surface area contributed by atoms with Crippen molar-refractivity contribution < 1.29 is 4.74 Å². The largest absolute Gasteiger partial charge is 0.490 e. The van der Waals surface area contributed by atoms with Gasteiger partial charge in [0.25, 0.3) is 0 Å². The summed E-state index contributed by atoms with van der Waals surface area (Å²) in [5.74, 6) is 0.992. The van der Waals surface area contributed by atoms with Crippen LogP contribution in [-0.2, 0) is 6.54 Å². The van der Waals surface area contributed by atoms with Gasteiger partial charge in [0.15, 0.2) is 0 Å². The molecule has 2 heteroatoms. The zero-order chi connectivity index (χ0) is 14.7. The molecule has 1 saturated carbocycles. The van der Waals surface area contributed by atoms with Gasteiger partial charge in [-0.1, -0.05) is 37.3 Å². The van der Waals surface area contributed by atoms with E-state index >= 15 is 0 Å². The predicted octanol–water partition coefficient (Wildman–Crippen LogP) is 4.31. The maximum Gasteiger partial charge on any atom is 0.120 e. The maximum atomic E-state index is 5.89. The van der Waals surface area contributed by atoms with Gasteiger partial charge >= 0.3 is 0 Å². The Bertz CT molecular complexity index is 617. The molecular weight excluding hydrogens is 258 g/mol. The summed E-state index contributed by atoms with van der Waals surface area (Å²) in [5, 5.41) is 3.37. The van der Waals surface area contributed by atoms with Crippen LogP contribution in [0.15, 0.2) is 42.5 Å². The molecule has 1 fully saturated rings. The molecule has 1 aliphatic rings. The van der Waals surface area contributed by atoms with Crippen molar-refractivity contribution in [1.29, 1.82) is 0 Å². The van der Waals surface area contributed by atoms with Gasteiger partial charge in [0.05, 0.1) is 6.10 Å². The molecule has 0 saturated heterocycles. The van der Waals surface area contributed by atoms with Crippen molar-refractivity contribution >= 4 is 0 Å². The minimum atomic E-state index is 0.448. The Morgan fingerprint density at radius 1 is 1.14 bits per heavy atom. The van der Waals surface area contributed by atoms with Crippen LogP contribution in [0.4, 0.5) is 0 Å². The van der Waals surface area contributed by atoms with Crippen LogP contribution in [0.5, 0.6) is 5.75 Å². The molecule has 0 aliphatic heterocycles. The molecule has 0 heterocycles. The number of ether oxygens (including phenoxy) is 1. The van der Waals surface area contributed by atoms with Gasteiger partial charge in [-0.15, -0.1) is 0 Å². The second-order valence-corrected chi connectivity index (χ2v) is 5.77. The van der Waals surface area contributed by atoms with Crippen LogP contribution in [0.2, 0.25) is 0 Å². The normalized spacial score (nSPS) is 14.2. The highest BCUT2D eigenvalue weighted by Crippen LogP contribution is 2.31. The molecule has 0 amide bonds. The van der Waals surface area contributed by atoms with Gasteiger partial charge in [0.2, 0.25) is 0 Å². The third kappa shape index (κ3) is 3.64. The van der Waals surface area contributed by atoms with Crippen LogP contribution in [0.1, 0.15) is 30.9 Å². The highest BCUT2D eigenvalue weighted by molar-refractivity contribution is 5.69. The van der Waals surface area contributed by atoms with Crippen LogP contribution in [0.25, 0.3) is 11.1 Å². The molecule has 0 radical (unpaired) electrons. The Morgan fingerprint density at radius 3 is 2.71 bits per heavy atom. The molecule has 0 unspecified atom stereocenters. The van der Waals surface area contributed by atoms with Gasteiger partial charge in [0, 0.05) is 6.54 Å². The van der Waals surface area contributed by atoms with E-state index in [1.165, 1.54) is 35.1 Å². The Kier molecular flexibility index (Phi) is 4.26. The Balaban J connectivity index is 1.82. The van der Waals surface area contributed by atoms with Gasteiger partial charge in [-0.25, -0.2) is 0 Å². The number of nitrogens with one attached hydrogen (secondary N) is 1. The molecule has 21 heavy (non-hydrogen) atoms. The van der Waals surface area contributed by atoms with Crippen LogP contribution >= 0.6 is 0 Å². The van der Waals surface area contributed by atoms with E-state index in [2.05, 4.69) is 61.6 Å². The summed E-state index contributed by atoms with van der Waals surface area (Å²) in [5.41, 5.74) is 5.18. The summed E-state index contributed by atoms with van der Waals surface area (Å²) in [6, 6.07) is 15.1. The van der Waals surface area contributed by atoms with Crippen LogP contribution in [-0.4, -0.2) is 12.6 Å². The summed E-state index contributed by atoms with van der Waals surface area (Å²) >= 11 is 0. The van der Waals surface area contributed by atoms with Crippen molar-refractivity contribution in [3.05, 3.63) is 53.6 Å². The maximum absolute atomic E-state index is 5.89. The van der Waals surface area contributed by atoms with Crippen molar-refractivity contribution in [1.82, 2.24) is 5.32 Å². The summed E-state index contributed by atoms with van der Waals surface area (Å²) in [7, 11) is 0. The highest BCUT2D eigenvalue weighted by atomic mass is 16.5. The fourth-order valence-electron chi connectivity index (χ4n) is 2.54. The smallest absolute Gasteiger partial charge is 0.120 e. The minimum absolute atomic E-state index is 0.448.